The summed E-state index contributed by atoms with van der Waals surface area (Å²) in [6.45, 7) is 0. The molecule has 0 saturated heterocycles. The van der Waals surface area contributed by atoms with Gasteiger partial charge in [-0.2, -0.15) is 52.7 Å². The molecule has 10 N–H and O–H groups in total. The van der Waals surface area contributed by atoms with Gasteiger partial charge in [-0.25, -0.2) is 0 Å². The van der Waals surface area contributed by atoms with Gasteiger partial charge in [0.25, 0.3) is 11.8 Å². The van der Waals surface area contributed by atoms with E-state index in [1.165, 1.54) is 0 Å². The Morgan fingerprint density at radius 2 is 0.615 bits per heavy atom. The number of carboxylic acids is 2. The summed E-state index contributed by atoms with van der Waals surface area (Å²) >= 11 is 0. The number of ether oxygens (including phenoxy) is 1. The van der Waals surface area contributed by atoms with Gasteiger partial charge in [0.1, 0.15) is 34.5 Å². The van der Waals surface area contributed by atoms with E-state index in [1.807, 2.05) is 0 Å². The maximum Gasteiger partial charge on any atom is 0.411 e. The molecule has 4 amide bonds. The molecule has 0 heterocycles. The minimum absolute atomic E-state index is 0.0512. The number of halogens is 12. The highest BCUT2D eigenvalue weighted by atomic mass is 19.4. The van der Waals surface area contributed by atoms with E-state index < -0.39 is 186 Å². The molecule has 10 rings (SSSR count). The molecule has 476 valence electrons. The van der Waals surface area contributed by atoms with Gasteiger partial charge in [0.05, 0.1) is 46.4 Å². The largest absolute Gasteiger partial charge is 0.506 e. The topological polar surface area (TPSA) is 281 Å². The Bertz CT molecular complexity index is 3720. The maximum atomic E-state index is 15.4. The summed E-state index contributed by atoms with van der Waals surface area (Å²) in [5.41, 5.74) is -20.7. The second kappa shape index (κ2) is 23.0. The van der Waals surface area contributed by atoms with Crippen LogP contribution in [0.1, 0.15) is 55.8 Å². The molecule has 17 nitrogen and oxygen atoms in total. The SMILES string of the molecule is O=C(Nc1cc(C(c2ccc(O)c(NC(=O)C3C4C=CC(C4)C3C(=O)O)c2)(C(F)(F)F)C(F)(F)F)ccc1O)c1ccc(Oc2ccc(C(=O)Nc3cc(C(c4ccc(O)c(NC(=O)C5C6C=CC(C6)C5C(=O)O)c4)(C(F)(F)F)C(F)(F)F)ccc3O)cc2)cc1. The molecule has 0 aliphatic heterocycles. The first-order valence-corrected chi connectivity index (χ1v) is 27.1. The van der Waals surface area contributed by atoms with Crippen molar-refractivity contribution in [3.05, 3.63) is 179 Å². The molecular formula is C62H46F12N4O13. The van der Waals surface area contributed by atoms with Gasteiger partial charge in [-0.05, 0) is 156 Å². The Hall–Kier alpha value is -10.2. The zero-order valence-corrected chi connectivity index (χ0v) is 46.0. The lowest BCUT2D eigenvalue weighted by Crippen LogP contribution is -2.54. The van der Waals surface area contributed by atoms with Crippen molar-refractivity contribution in [1.29, 1.82) is 0 Å². The molecular weight excluding hydrogens is 1240 g/mol. The first-order valence-electron chi connectivity index (χ1n) is 27.1. The molecule has 6 aromatic carbocycles. The molecule has 4 bridgehead atoms. The second-order valence-corrected chi connectivity index (χ2v) is 22.1. The van der Waals surface area contributed by atoms with E-state index in [2.05, 4.69) is 21.3 Å². The highest BCUT2D eigenvalue weighted by molar-refractivity contribution is 6.06. The maximum absolute atomic E-state index is 15.4. The summed E-state index contributed by atoms with van der Waals surface area (Å²) in [6, 6.07) is 12.8. The third kappa shape index (κ3) is 11.2. The molecule has 8 unspecified atom stereocenters. The monoisotopic (exact) mass is 1280 g/mol. The number of hydrogen-bond acceptors (Lipinski definition) is 11. The minimum atomic E-state index is -6.27. The Morgan fingerprint density at radius 3 is 0.868 bits per heavy atom. The molecule has 2 fully saturated rings. The Labute approximate surface area is 504 Å². The summed E-state index contributed by atoms with van der Waals surface area (Å²) in [5, 5.41) is 70.4. The summed E-state index contributed by atoms with van der Waals surface area (Å²) in [6.07, 6.45) is -18.3. The van der Waals surface area contributed by atoms with E-state index in [-0.39, 0.29) is 59.7 Å². The third-order valence-corrected chi connectivity index (χ3v) is 17.0. The van der Waals surface area contributed by atoms with Gasteiger partial charge in [0, 0.05) is 11.1 Å². The minimum Gasteiger partial charge on any atom is -0.506 e. The number of aliphatic carboxylic acids is 2. The number of fused-ring (bicyclic) bond motifs is 4. The van der Waals surface area contributed by atoms with E-state index in [0.29, 0.717) is 48.5 Å². The van der Waals surface area contributed by atoms with E-state index in [9.17, 15) is 59.4 Å². The fraction of sp³-hybridized carbons (Fsp3) is 0.258. The van der Waals surface area contributed by atoms with Crippen LogP contribution in [-0.2, 0) is 30.0 Å². The van der Waals surface area contributed by atoms with Crippen LogP contribution in [0.2, 0.25) is 0 Å². The third-order valence-electron chi connectivity index (χ3n) is 17.0. The summed E-state index contributed by atoms with van der Waals surface area (Å²) in [7, 11) is 0. The number of amides is 4. The number of phenols is 4. The van der Waals surface area contributed by atoms with Crippen molar-refractivity contribution in [2.45, 2.75) is 48.4 Å². The van der Waals surface area contributed by atoms with Crippen LogP contribution in [0.3, 0.4) is 0 Å². The van der Waals surface area contributed by atoms with Crippen molar-refractivity contribution in [2.24, 2.45) is 47.3 Å². The number of carbonyl (C=O) groups is 6. The Kier molecular flexibility index (Phi) is 16.1. The number of allylic oxidation sites excluding steroid dienone is 4. The van der Waals surface area contributed by atoms with Crippen LogP contribution in [0.15, 0.2) is 146 Å². The first-order chi connectivity index (χ1) is 42.6. The average molecular weight is 1280 g/mol. The molecule has 4 aliphatic carbocycles. The fourth-order valence-corrected chi connectivity index (χ4v) is 12.8. The van der Waals surface area contributed by atoms with Crippen LogP contribution in [0, 0.1) is 47.3 Å². The van der Waals surface area contributed by atoms with Crippen LogP contribution >= 0.6 is 0 Å². The van der Waals surface area contributed by atoms with E-state index in [1.54, 1.807) is 24.3 Å². The predicted octanol–water partition coefficient (Wildman–Crippen LogP) is 12.6. The van der Waals surface area contributed by atoms with Crippen molar-refractivity contribution >= 4 is 58.3 Å². The number of carbonyl (C=O) groups excluding carboxylic acids is 4. The molecule has 0 radical (unpaired) electrons. The molecule has 6 aromatic rings. The van der Waals surface area contributed by atoms with Crippen LogP contribution in [-0.4, -0.2) is 90.9 Å². The number of nitrogens with one attached hydrogen (secondary N) is 4. The molecule has 2 saturated carbocycles. The fourth-order valence-electron chi connectivity index (χ4n) is 12.8. The standard InChI is InChI=1S/C62H46F12N4O13/c63-59(64,65)57(60(66,67)68,35-11-19-45(81)41(25-35)77-53(85)47-29-1-3-31(21-29)49(47)55(87)88)33-9-17-43(79)39(23-33)75-51(83)27-5-13-37(14-6-27)91-38-15-7-28(8-16-38)52(84)76-40-24-34(10-18-44(40)80)58(61(69,70)71,62(72,73)74)36-12-20-46(82)42(26-36)78-54(86)48-30-2-4-32(22-30)50(48)56(89)90/h1-20,23-26,29-32,47-50,79-82H,21-22H2,(H,75,83)(H,76,84)(H,77,85)(H,78,86)(H,87,88)(H,89,90). The summed E-state index contributed by atoms with van der Waals surface area (Å²) < 4.78 is 190. The lowest BCUT2D eigenvalue weighted by atomic mass is 9.72. The van der Waals surface area contributed by atoms with Crippen molar-refractivity contribution in [2.75, 3.05) is 21.3 Å². The quantitative estimate of drug-likeness (QED) is 0.0245. The zero-order chi connectivity index (χ0) is 66.2. The first kappa shape index (κ1) is 63.8. The molecule has 0 aromatic heterocycles. The van der Waals surface area contributed by atoms with Crippen molar-refractivity contribution in [3.8, 4) is 34.5 Å². The second-order valence-electron chi connectivity index (χ2n) is 22.1. The molecule has 8 atom stereocenters. The van der Waals surface area contributed by atoms with Crippen LogP contribution < -0.4 is 26.0 Å². The van der Waals surface area contributed by atoms with Crippen molar-refractivity contribution in [3.63, 3.8) is 0 Å². The smallest absolute Gasteiger partial charge is 0.411 e. The van der Waals surface area contributed by atoms with Crippen LogP contribution in [0.25, 0.3) is 0 Å². The molecule has 29 heteroatoms. The van der Waals surface area contributed by atoms with Gasteiger partial charge < -0.3 is 56.6 Å². The summed E-state index contributed by atoms with van der Waals surface area (Å²) in [5.74, 6) is -18.9. The zero-order valence-electron chi connectivity index (χ0n) is 46.0. The number of carboxylic acid groups (broad SMARTS) is 2. The molecule has 0 spiro atoms. The summed E-state index contributed by atoms with van der Waals surface area (Å²) in [4.78, 5) is 77.9. The van der Waals surface area contributed by atoms with Gasteiger partial charge in [-0.15, -0.1) is 0 Å². The number of anilines is 4. The molecule has 4 aliphatic rings. The van der Waals surface area contributed by atoms with Gasteiger partial charge in [-0.3, -0.25) is 28.8 Å². The predicted molar refractivity (Wildman–Crippen MR) is 295 cm³/mol. The van der Waals surface area contributed by atoms with Gasteiger partial charge in [-0.1, -0.05) is 48.6 Å². The number of alkyl halides is 12. The average Bonchev–Trinajstić information content (AvgIpc) is 1.56. The highest BCUT2D eigenvalue weighted by Gasteiger charge is 2.74. The van der Waals surface area contributed by atoms with E-state index in [4.69, 9.17) is 4.74 Å². The van der Waals surface area contributed by atoms with E-state index in [0.717, 1.165) is 48.5 Å². The van der Waals surface area contributed by atoms with Crippen LogP contribution in [0.4, 0.5) is 75.4 Å². The van der Waals surface area contributed by atoms with Gasteiger partial charge in [0.15, 0.2) is 0 Å². The van der Waals surface area contributed by atoms with E-state index >= 15 is 52.7 Å². The number of rotatable bonds is 16. The number of hydrogen-bond donors (Lipinski definition) is 10. The highest BCUT2D eigenvalue weighted by Crippen LogP contribution is 2.60. The number of phenolic OH excluding ortho intramolecular Hbond substituents is 4. The van der Waals surface area contributed by atoms with Gasteiger partial charge in [0.2, 0.25) is 22.6 Å². The van der Waals surface area contributed by atoms with Gasteiger partial charge >= 0.3 is 36.6 Å². The normalized spacial score (nSPS) is 21.1. The Balaban J connectivity index is 0.836. The van der Waals surface area contributed by atoms with Crippen molar-refractivity contribution < 1.29 is 117 Å². The Morgan fingerprint density at radius 1 is 0.363 bits per heavy atom. The molecule has 91 heavy (non-hydrogen) atoms. The van der Waals surface area contributed by atoms with Crippen molar-refractivity contribution in [1.82, 2.24) is 0 Å². The number of benzene rings is 6. The number of aromatic hydroxyl groups is 4. The lowest BCUT2D eigenvalue weighted by molar-refractivity contribution is -0.290. The van der Waals surface area contributed by atoms with Crippen LogP contribution in [0.5, 0.6) is 34.5 Å². The lowest BCUT2D eigenvalue weighted by Gasteiger charge is -2.38.